The first kappa shape index (κ1) is 17.3. The lowest BCUT2D eigenvalue weighted by Crippen LogP contribution is -2.35. The molecule has 6 heteroatoms. The van der Waals surface area contributed by atoms with Crippen LogP contribution in [0.4, 0.5) is 0 Å². The Balaban J connectivity index is 2.05. The van der Waals surface area contributed by atoms with Gasteiger partial charge in [-0.05, 0) is 36.6 Å². The van der Waals surface area contributed by atoms with Crippen LogP contribution < -0.4 is 15.8 Å². The number of hydrogen-bond acceptors (Lipinski definition) is 4. The second-order valence-electron chi connectivity index (χ2n) is 5.96. The minimum atomic E-state index is -0.331. The molecule has 2 rings (SSSR count). The number of carbonyl (C=O) groups excluding carboxylic acids is 2. The lowest BCUT2D eigenvalue weighted by molar-refractivity contribution is -0.131. The molecule has 0 saturated carbocycles. The highest BCUT2D eigenvalue weighted by Crippen LogP contribution is 2.23. The van der Waals surface area contributed by atoms with E-state index in [-0.39, 0.29) is 24.3 Å². The standard InChI is InChI=1S/C17H25N3O3/c1-12(21)19-16(14-3-5-15(23-2)6-4-14)9-17(22)20-8-7-13(10-18)11-20/h3-6,13,16H,7-11,18H2,1-2H3,(H,19,21)/t13-,16+/m1/s1. The lowest BCUT2D eigenvalue weighted by Gasteiger charge is -2.22. The van der Waals surface area contributed by atoms with Gasteiger partial charge in [0.2, 0.25) is 11.8 Å². The van der Waals surface area contributed by atoms with Crippen LogP contribution in [0, 0.1) is 5.92 Å². The van der Waals surface area contributed by atoms with Gasteiger partial charge in [-0.15, -0.1) is 0 Å². The Morgan fingerprint density at radius 2 is 2.09 bits per heavy atom. The van der Waals surface area contributed by atoms with Gasteiger partial charge in [-0.25, -0.2) is 0 Å². The summed E-state index contributed by atoms with van der Waals surface area (Å²) in [4.78, 5) is 25.8. The second kappa shape index (κ2) is 7.97. The summed E-state index contributed by atoms with van der Waals surface area (Å²) >= 11 is 0. The Morgan fingerprint density at radius 1 is 1.39 bits per heavy atom. The average Bonchev–Trinajstić information content (AvgIpc) is 3.03. The number of nitrogens with one attached hydrogen (secondary N) is 1. The number of amides is 2. The van der Waals surface area contributed by atoms with E-state index in [1.165, 1.54) is 6.92 Å². The van der Waals surface area contributed by atoms with Crippen LogP contribution in [0.3, 0.4) is 0 Å². The molecule has 0 radical (unpaired) electrons. The highest BCUT2D eigenvalue weighted by atomic mass is 16.5. The molecule has 3 N–H and O–H groups in total. The first-order chi connectivity index (χ1) is 11.0. The van der Waals surface area contributed by atoms with Gasteiger partial charge in [-0.2, -0.15) is 0 Å². The molecule has 6 nitrogen and oxygen atoms in total. The molecule has 0 aliphatic carbocycles. The number of nitrogens with two attached hydrogens (primary N) is 1. The van der Waals surface area contributed by atoms with E-state index in [0.717, 1.165) is 24.3 Å². The lowest BCUT2D eigenvalue weighted by atomic mass is 10.0. The highest BCUT2D eigenvalue weighted by molar-refractivity contribution is 5.79. The minimum Gasteiger partial charge on any atom is -0.497 e. The molecule has 2 atom stereocenters. The predicted molar refractivity (Wildman–Crippen MR) is 87.9 cm³/mol. The van der Waals surface area contributed by atoms with Gasteiger partial charge in [0.15, 0.2) is 0 Å². The second-order valence-corrected chi connectivity index (χ2v) is 5.96. The van der Waals surface area contributed by atoms with Gasteiger partial charge in [0, 0.05) is 20.0 Å². The molecule has 1 aliphatic rings. The molecular formula is C17H25N3O3. The number of benzene rings is 1. The number of ether oxygens (including phenoxy) is 1. The molecule has 1 fully saturated rings. The van der Waals surface area contributed by atoms with Crippen molar-refractivity contribution < 1.29 is 14.3 Å². The molecule has 0 unspecified atom stereocenters. The predicted octanol–water partition coefficient (Wildman–Crippen LogP) is 1.07. The van der Waals surface area contributed by atoms with E-state index < -0.39 is 0 Å². The Bertz CT molecular complexity index is 545. The van der Waals surface area contributed by atoms with Gasteiger partial charge in [0.1, 0.15) is 5.75 Å². The number of rotatable bonds is 6. The van der Waals surface area contributed by atoms with Crippen LogP contribution in [0.2, 0.25) is 0 Å². The molecule has 1 heterocycles. The summed E-state index contributed by atoms with van der Waals surface area (Å²) < 4.78 is 5.14. The number of likely N-dealkylation sites (tertiary alicyclic amines) is 1. The van der Waals surface area contributed by atoms with Crippen LogP contribution in [0.15, 0.2) is 24.3 Å². The van der Waals surface area contributed by atoms with Gasteiger partial charge in [0.25, 0.3) is 0 Å². The highest BCUT2D eigenvalue weighted by Gasteiger charge is 2.27. The summed E-state index contributed by atoms with van der Waals surface area (Å²) in [6.07, 6.45) is 1.21. The van der Waals surface area contributed by atoms with Crippen LogP contribution >= 0.6 is 0 Å². The van der Waals surface area contributed by atoms with Gasteiger partial charge >= 0.3 is 0 Å². The molecule has 1 aromatic rings. The van der Waals surface area contributed by atoms with Gasteiger partial charge in [0.05, 0.1) is 19.6 Å². The SMILES string of the molecule is COc1ccc([C@H](CC(=O)N2CC[C@H](CN)C2)NC(C)=O)cc1. The molecule has 2 amide bonds. The van der Waals surface area contributed by atoms with Crippen molar-refractivity contribution in [3.63, 3.8) is 0 Å². The smallest absolute Gasteiger partial charge is 0.224 e. The van der Waals surface area contributed by atoms with E-state index in [2.05, 4.69) is 5.32 Å². The van der Waals surface area contributed by atoms with E-state index in [1.54, 1.807) is 7.11 Å². The first-order valence-corrected chi connectivity index (χ1v) is 7.92. The van der Waals surface area contributed by atoms with Crippen molar-refractivity contribution in [2.45, 2.75) is 25.8 Å². The minimum absolute atomic E-state index is 0.0514. The molecular weight excluding hydrogens is 294 g/mol. The van der Waals surface area contributed by atoms with Crippen LogP contribution in [0.5, 0.6) is 5.75 Å². The summed E-state index contributed by atoms with van der Waals surface area (Å²) in [5.41, 5.74) is 6.57. The van der Waals surface area contributed by atoms with Crippen molar-refractivity contribution in [1.82, 2.24) is 10.2 Å². The average molecular weight is 319 g/mol. The molecule has 0 aromatic heterocycles. The van der Waals surface area contributed by atoms with Crippen molar-refractivity contribution in [3.8, 4) is 5.75 Å². The third-order valence-electron chi connectivity index (χ3n) is 4.25. The largest absolute Gasteiger partial charge is 0.497 e. The van der Waals surface area contributed by atoms with Crippen LogP contribution in [-0.2, 0) is 9.59 Å². The zero-order chi connectivity index (χ0) is 16.8. The maximum absolute atomic E-state index is 12.5. The maximum atomic E-state index is 12.5. The van der Waals surface area contributed by atoms with Crippen molar-refractivity contribution in [2.24, 2.45) is 11.7 Å². The first-order valence-electron chi connectivity index (χ1n) is 7.92. The third kappa shape index (κ3) is 4.69. The summed E-state index contributed by atoms with van der Waals surface area (Å²) in [6, 6.07) is 7.07. The number of carbonyl (C=O) groups is 2. The van der Waals surface area contributed by atoms with E-state index in [1.807, 2.05) is 29.2 Å². The molecule has 0 spiro atoms. The summed E-state index contributed by atoms with van der Waals surface area (Å²) in [5, 5.41) is 2.86. The number of hydrogen-bond donors (Lipinski definition) is 2. The van der Waals surface area contributed by atoms with Crippen molar-refractivity contribution in [3.05, 3.63) is 29.8 Å². The van der Waals surface area contributed by atoms with Gasteiger partial charge in [-0.3, -0.25) is 9.59 Å². The van der Waals surface area contributed by atoms with Crippen molar-refractivity contribution in [2.75, 3.05) is 26.7 Å². The summed E-state index contributed by atoms with van der Waals surface area (Å²) in [7, 11) is 1.60. The third-order valence-corrected chi connectivity index (χ3v) is 4.25. The van der Waals surface area contributed by atoms with Gasteiger partial charge < -0.3 is 20.7 Å². The molecule has 126 valence electrons. The molecule has 1 aromatic carbocycles. The van der Waals surface area contributed by atoms with Crippen molar-refractivity contribution >= 4 is 11.8 Å². The quantitative estimate of drug-likeness (QED) is 0.821. The van der Waals surface area contributed by atoms with Crippen LogP contribution in [0.25, 0.3) is 0 Å². The zero-order valence-corrected chi connectivity index (χ0v) is 13.7. The topological polar surface area (TPSA) is 84.7 Å². The maximum Gasteiger partial charge on any atom is 0.224 e. The van der Waals surface area contributed by atoms with E-state index in [9.17, 15) is 9.59 Å². The number of nitrogens with zero attached hydrogens (tertiary/aromatic N) is 1. The Hall–Kier alpha value is -2.08. The van der Waals surface area contributed by atoms with E-state index in [0.29, 0.717) is 19.0 Å². The van der Waals surface area contributed by atoms with Crippen molar-refractivity contribution in [1.29, 1.82) is 0 Å². The summed E-state index contributed by atoms with van der Waals surface area (Å²) in [6.45, 7) is 3.53. The zero-order valence-electron chi connectivity index (χ0n) is 13.7. The van der Waals surface area contributed by atoms with E-state index in [4.69, 9.17) is 10.5 Å². The normalized spacial score (nSPS) is 18.6. The molecule has 23 heavy (non-hydrogen) atoms. The fraction of sp³-hybridized carbons (Fsp3) is 0.529. The van der Waals surface area contributed by atoms with Crippen LogP contribution in [-0.4, -0.2) is 43.5 Å². The Kier molecular flexibility index (Phi) is 5.98. The van der Waals surface area contributed by atoms with Gasteiger partial charge in [-0.1, -0.05) is 12.1 Å². The Labute approximate surface area is 137 Å². The fourth-order valence-corrected chi connectivity index (χ4v) is 2.89. The molecule has 0 bridgehead atoms. The fourth-order valence-electron chi connectivity index (χ4n) is 2.89. The molecule has 1 saturated heterocycles. The number of methoxy groups -OCH3 is 1. The Morgan fingerprint density at radius 3 is 2.61 bits per heavy atom. The van der Waals surface area contributed by atoms with Crippen LogP contribution in [0.1, 0.15) is 31.4 Å². The monoisotopic (exact) mass is 319 g/mol. The molecule has 1 aliphatic heterocycles. The summed E-state index contributed by atoms with van der Waals surface area (Å²) in [5.74, 6) is 1.03. The van der Waals surface area contributed by atoms with E-state index >= 15 is 0 Å².